The Hall–Kier alpha value is -2.20. The highest BCUT2D eigenvalue weighted by molar-refractivity contribution is 7.13. The van der Waals surface area contributed by atoms with Crippen LogP contribution >= 0.6 is 11.5 Å². The fourth-order valence-corrected chi connectivity index (χ4v) is 3.61. The number of aliphatic hydroxyl groups is 1. The van der Waals surface area contributed by atoms with Crippen molar-refractivity contribution in [2.75, 3.05) is 11.9 Å². The number of amides is 3. The Kier molecular flexibility index (Phi) is 4.20. The SMILES string of the molecule is CC(O)c1nsc2ccc(N3C(=O)CC(C(F)(F)F)N(C)C3=O)cc12. The van der Waals surface area contributed by atoms with Gasteiger partial charge in [-0.3, -0.25) is 4.79 Å². The minimum atomic E-state index is -4.67. The maximum atomic E-state index is 13.0. The van der Waals surface area contributed by atoms with Crippen molar-refractivity contribution in [1.82, 2.24) is 9.27 Å². The number of imide groups is 1. The summed E-state index contributed by atoms with van der Waals surface area (Å²) >= 11 is 1.15. The predicted octanol–water partition coefficient (Wildman–Crippen LogP) is 3.07. The Bertz CT molecular complexity index is 849. The second kappa shape index (κ2) is 5.95. The standard InChI is InChI=1S/C15H14F3N3O3S/c1-7(22)13-9-5-8(3-4-10(9)25-19-13)21-12(23)6-11(15(16,17)18)20(2)14(21)24/h3-5,7,11,22H,6H2,1-2H3. The van der Waals surface area contributed by atoms with Crippen LogP contribution < -0.4 is 4.90 Å². The lowest BCUT2D eigenvalue weighted by atomic mass is 10.1. The molecule has 10 heteroatoms. The van der Waals surface area contributed by atoms with E-state index in [4.69, 9.17) is 0 Å². The Labute approximate surface area is 144 Å². The van der Waals surface area contributed by atoms with Crippen LogP contribution in [-0.2, 0) is 4.79 Å². The van der Waals surface area contributed by atoms with Crippen LogP contribution in [0.4, 0.5) is 23.7 Å². The summed E-state index contributed by atoms with van der Waals surface area (Å²) in [7, 11) is 1.02. The average molecular weight is 373 g/mol. The van der Waals surface area contributed by atoms with Crippen molar-refractivity contribution in [3.05, 3.63) is 23.9 Å². The molecule has 0 aliphatic carbocycles. The molecule has 0 saturated carbocycles. The van der Waals surface area contributed by atoms with Gasteiger partial charge >= 0.3 is 12.2 Å². The van der Waals surface area contributed by atoms with Gasteiger partial charge in [-0.2, -0.15) is 17.5 Å². The molecule has 0 spiro atoms. The number of rotatable bonds is 2. The zero-order valence-electron chi connectivity index (χ0n) is 13.2. The van der Waals surface area contributed by atoms with E-state index in [2.05, 4.69) is 4.37 Å². The van der Waals surface area contributed by atoms with Crippen LogP contribution in [0.3, 0.4) is 0 Å². The van der Waals surface area contributed by atoms with E-state index in [1.807, 2.05) is 0 Å². The third kappa shape index (κ3) is 2.95. The van der Waals surface area contributed by atoms with Gasteiger partial charge in [0.2, 0.25) is 5.91 Å². The van der Waals surface area contributed by atoms with Crippen LogP contribution in [0, 0.1) is 0 Å². The number of nitrogens with zero attached hydrogens (tertiary/aromatic N) is 3. The number of hydrogen-bond donors (Lipinski definition) is 1. The highest BCUT2D eigenvalue weighted by Gasteiger charge is 2.50. The molecule has 3 amide bonds. The smallest absolute Gasteiger partial charge is 0.387 e. The first kappa shape index (κ1) is 17.6. The Balaban J connectivity index is 2.02. The largest absolute Gasteiger partial charge is 0.409 e. The highest BCUT2D eigenvalue weighted by atomic mass is 32.1. The normalized spacial score (nSPS) is 20.5. The van der Waals surface area contributed by atoms with E-state index in [1.54, 1.807) is 6.07 Å². The van der Waals surface area contributed by atoms with Crippen molar-refractivity contribution in [2.24, 2.45) is 0 Å². The average Bonchev–Trinajstić information content (AvgIpc) is 2.93. The minimum Gasteiger partial charge on any atom is -0.387 e. The molecule has 2 aromatic rings. The third-order valence-electron chi connectivity index (χ3n) is 4.09. The molecule has 2 heterocycles. The van der Waals surface area contributed by atoms with E-state index in [-0.39, 0.29) is 5.69 Å². The quantitative estimate of drug-likeness (QED) is 0.878. The van der Waals surface area contributed by atoms with Crippen LogP contribution in [0.2, 0.25) is 0 Å². The zero-order valence-corrected chi connectivity index (χ0v) is 14.1. The van der Waals surface area contributed by atoms with E-state index >= 15 is 0 Å². The van der Waals surface area contributed by atoms with Gasteiger partial charge in [0, 0.05) is 12.4 Å². The van der Waals surface area contributed by atoms with Crippen LogP contribution in [-0.4, -0.2) is 45.6 Å². The first-order chi connectivity index (χ1) is 11.6. The molecule has 134 valence electrons. The minimum absolute atomic E-state index is 0.150. The van der Waals surface area contributed by atoms with Crippen molar-refractivity contribution < 1.29 is 27.9 Å². The molecule has 2 unspecified atom stereocenters. The van der Waals surface area contributed by atoms with Crippen LogP contribution in [0.5, 0.6) is 0 Å². The lowest BCUT2D eigenvalue weighted by molar-refractivity contribution is -0.179. The number of halogens is 3. The number of benzene rings is 1. The van der Waals surface area contributed by atoms with E-state index in [9.17, 15) is 27.9 Å². The molecule has 1 fully saturated rings. The summed E-state index contributed by atoms with van der Waals surface area (Å²) in [5.41, 5.74) is 0.539. The van der Waals surface area contributed by atoms with E-state index < -0.39 is 36.7 Å². The molecule has 1 aromatic carbocycles. The van der Waals surface area contributed by atoms with Crippen molar-refractivity contribution in [1.29, 1.82) is 0 Å². The van der Waals surface area contributed by atoms with Gasteiger partial charge in [-0.15, -0.1) is 0 Å². The maximum absolute atomic E-state index is 13.0. The second-order valence-electron chi connectivity index (χ2n) is 5.81. The van der Waals surface area contributed by atoms with Crippen molar-refractivity contribution in [2.45, 2.75) is 31.7 Å². The van der Waals surface area contributed by atoms with Gasteiger partial charge in [-0.25, -0.2) is 9.69 Å². The van der Waals surface area contributed by atoms with E-state index in [0.29, 0.717) is 16.0 Å². The monoisotopic (exact) mass is 373 g/mol. The van der Waals surface area contributed by atoms with Gasteiger partial charge in [-0.1, -0.05) is 0 Å². The second-order valence-corrected chi connectivity index (χ2v) is 6.61. The molecule has 2 atom stereocenters. The number of fused-ring (bicyclic) bond motifs is 1. The summed E-state index contributed by atoms with van der Waals surface area (Å²) in [5, 5.41) is 10.3. The van der Waals surface area contributed by atoms with Crippen molar-refractivity contribution >= 4 is 39.2 Å². The molecular weight excluding hydrogens is 359 g/mol. The molecule has 6 nitrogen and oxygen atoms in total. The molecule has 0 bridgehead atoms. The van der Waals surface area contributed by atoms with E-state index in [0.717, 1.165) is 28.2 Å². The Morgan fingerprint density at radius 1 is 1.36 bits per heavy atom. The van der Waals surface area contributed by atoms with Gasteiger partial charge in [-0.05, 0) is 36.7 Å². The van der Waals surface area contributed by atoms with Crippen LogP contribution in [0.1, 0.15) is 25.1 Å². The van der Waals surface area contributed by atoms with Crippen LogP contribution in [0.25, 0.3) is 10.1 Å². The van der Waals surface area contributed by atoms with Gasteiger partial charge < -0.3 is 10.0 Å². The topological polar surface area (TPSA) is 73.7 Å². The van der Waals surface area contributed by atoms with Gasteiger partial charge in [0.15, 0.2) is 0 Å². The fourth-order valence-electron chi connectivity index (χ4n) is 2.77. The summed E-state index contributed by atoms with van der Waals surface area (Å²) in [6.45, 7) is 1.53. The summed E-state index contributed by atoms with van der Waals surface area (Å²) < 4.78 is 43.8. The molecule has 1 N–H and O–H groups in total. The van der Waals surface area contributed by atoms with E-state index in [1.165, 1.54) is 19.1 Å². The number of urea groups is 1. The van der Waals surface area contributed by atoms with Gasteiger partial charge in [0.1, 0.15) is 6.04 Å². The van der Waals surface area contributed by atoms with Crippen molar-refractivity contribution in [3.63, 3.8) is 0 Å². The highest BCUT2D eigenvalue weighted by Crippen LogP contribution is 2.35. The zero-order chi connectivity index (χ0) is 18.5. The summed E-state index contributed by atoms with van der Waals surface area (Å²) in [5.74, 6) is -0.924. The molecule has 1 aliphatic rings. The maximum Gasteiger partial charge on any atom is 0.409 e. The number of carbonyl (C=O) groups is 2. The molecule has 25 heavy (non-hydrogen) atoms. The van der Waals surface area contributed by atoms with Crippen molar-refractivity contribution in [3.8, 4) is 0 Å². The van der Waals surface area contributed by atoms with Gasteiger partial charge in [0.25, 0.3) is 0 Å². The number of alkyl halides is 3. The lowest BCUT2D eigenvalue weighted by Gasteiger charge is -2.38. The molecule has 1 saturated heterocycles. The summed E-state index contributed by atoms with van der Waals surface area (Å²) in [6, 6.07) is 1.40. The van der Waals surface area contributed by atoms with Gasteiger partial charge in [0.05, 0.1) is 28.6 Å². The third-order valence-corrected chi connectivity index (χ3v) is 4.93. The number of carbonyl (C=O) groups excluding carboxylic acids is 2. The Morgan fingerprint density at radius 2 is 2.04 bits per heavy atom. The summed E-state index contributed by atoms with van der Waals surface area (Å²) in [4.78, 5) is 25.8. The Morgan fingerprint density at radius 3 is 2.64 bits per heavy atom. The van der Waals surface area contributed by atoms with Crippen LogP contribution in [0.15, 0.2) is 18.2 Å². The molecule has 3 rings (SSSR count). The molecular formula is C15H14F3N3O3S. The number of aliphatic hydroxyl groups excluding tert-OH is 1. The first-order valence-corrected chi connectivity index (χ1v) is 8.12. The molecule has 0 radical (unpaired) electrons. The predicted molar refractivity (Wildman–Crippen MR) is 85.4 cm³/mol. The molecule has 1 aromatic heterocycles. The molecule has 1 aliphatic heterocycles. The number of hydrogen-bond acceptors (Lipinski definition) is 5. The number of aromatic nitrogens is 1. The fraction of sp³-hybridized carbons (Fsp3) is 0.400. The first-order valence-electron chi connectivity index (χ1n) is 7.35. The summed E-state index contributed by atoms with van der Waals surface area (Å²) in [6.07, 6.45) is -6.36. The number of anilines is 1. The lowest BCUT2D eigenvalue weighted by Crippen LogP contribution is -2.60.